The first-order valence-corrected chi connectivity index (χ1v) is 8.48. The van der Waals surface area contributed by atoms with Crippen molar-refractivity contribution in [3.8, 4) is 5.75 Å². The maximum Gasteiger partial charge on any atom is 0.412 e. The van der Waals surface area contributed by atoms with Gasteiger partial charge in [0.1, 0.15) is 17.0 Å². The summed E-state index contributed by atoms with van der Waals surface area (Å²) in [6, 6.07) is 6.82. The standard InChI is InChI=1S/C19H22N4O4/c1-18(2,3)27-17(25)22-12-5-7-13(8-6-12)26-14-9-10-20-19(4)16(14)23-15(24)11-21-19/h5-11,20H,1-4H3,(H,22,25)(H,23,24). The second-order valence-electron chi connectivity index (χ2n) is 7.29. The van der Waals surface area contributed by atoms with Gasteiger partial charge in [0.05, 0.1) is 6.21 Å². The van der Waals surface area contributed by atoms with E-state index in [4.69, 9.17) is 9.47 Å². The molecule has 1 atom stereocenters. The van der Waals surface area contributed by atoms with Crippen LogP contribution in [0, 0.1) is 0 Å². The number of carbonyl (C=O) groups is 2. The smallest absolute Gasteiger partial charge is 0.412 e. The quantitative estimate of drug-likeness (QED) is 0.759. The molecule has 2 aliphatic rings. The van der Waals surface area contributed by atoms with Crippen LogP contribution in [0.1, 0.15) is 27.7 Å². The molecule has 1 aromatic rings. The molecule has 0 spiro atoms. The molecular formula is C19H22N4O4. The van der Waals surface area contributed by atoms with Gasteiger partial charge < -0.3 is 20.1 Å². The number of fused-ring (bicyclic) bond motifs is 1. The lowest BCUT2D eigenvalue weighted by molar-refractivity contribution is -0.114. The zero-order valence-corrected chi connectivity index (χ0v) is 15.6. The number of nitrogens with one attached hydrogen (secondary N) is 3. The number of carbonyl (C=O) groups excluding carboxylic acids is 2. The Hall–Kier alpha value is -3.29. The van der Waals surface area contributed by atoms with E-state index in [1.165, 1.54) is 6.21 Å². The number of anilines is 1. The number of nitrogens with zero attached hydrogens (tertiary/aromatic N) is 1. The topological polar surface area (TPSA) is 101 Å². The number of aliphatic imine (C=N–C) groups is 1. The van der Waals surface area contributed by atoms with E-state index in [2.05, 4.69) is 20.9 Å². The third-order valence-corrected chi connectivity index (χ3v) is 3.75. The summed E-state index contributed by atoms with van der Waals surface area (Å²) >= 11 is 0. The predicted octanol–water partition coefficient (Wildman–Crippen LogP) is 2.66. The molecule has 8 heteroatoms. The average molecular weight is 370 g/mol. The maximum absolute atomic E-state index is 11.8. The summed E-state index contributed by atoms with van der Waals surface area (Å²) in [5, 5.41) is 8.52. The van der Waals surface area contributed by atoms with E-state index in [1.54, 1.807) is 57.3 Å². The number of benzene rings is 1. The molecule has 0 fully saturated rings. The molecule has 0 aromatic heterocycles. The molecule has 8 nitrogen and oxygen atoms in total. The summed E-state index contributed by atoms with van der Waals surface area (Å²) in [6.07, 6.45) is 4.14. The second kappa shape index (κ2) is 6.79. The Labute approximate surface area is 157 Å². The number of allylic oxidation sites excluding steroid dienone is 1. The van der Waals surface area contributed by atoms with Crippen molar-refractivity contribution in [2.24, 2.45) is 4.99 Å². The summed E-state index contributed by atoms with van der Waals surface area (Å²) in [7, 11) is 0. The van der Waals surface area contributed by atoms with E-state index < -0.39 is 17.4 Å². The molecule has 27 heavy (non-hydrogen) atoms. The van der Waals surface area contributed by atoms with Crippen LogP contribution in [0.5, 0.6) is 5.75 Å². The summed E-state index contributed by atoms with van der Waals surface area (Å²) in [6.45, 7) is 7.23. The maximum atomic E-state index is 11.8. The molecule has 2 heterocycles. The molecule has 2 aliphatic heterocycles. The zero-order valence-electron chi connectivity index (χ0n) is 15.6. The van der Waals surface area contributed by atoms with Gasteiger partial charge in [0.2, 0.25) is 0 Å². The molecule has 142 valence electrons. The van der Waals surface area contributed by atoms with Crippen LogP contribution in [0.2, 0.25) is 0 Å². The molecule has 3 rings (SSSR count). The normalized spacial score (nSPS) is 21.1. The fraction of sp³-hybridized carbons (Fsp3) is 0.316. The summed E-state index contributed by atoms with van der Waals surface area (Å²) in [5.74, 6) is 0.719. The SMILES string of the molecule is CC(C)(C)OC(=O)Nc1ccc(OC2=C3NC(=O)C=NC3(C)NC=C2)cc1. The van der Waals surface area contributed by atoms with Gasteiger partial charge in [0.25, 0.3) is 5.91 Å². The van der Waals surface area contributed by atoms with Crippen molar-refractivity contribution in [3.63, 3.8) is 0 Å². The van der Waals surface area contributed by atoms with Gasteiger partial charge in [-0.15, -0.1) is 0 Å². The van der Waals surface area contributed by atoms with Gasteiger partial charge in [-0.3, -0.25) is 15.1 Å². The molecule has 1 aromatic carbocycles. The lowest BCUT2D eigenvalue weighted by atomic mass is 10.0. The Balaban J connectivity index is 1.72. The summed E-state index contributed by atoms with van der Waals surface area (Å²) in [4.78, 5) is 27.7. The van der Waals surface area contributed by atoms with Gasteiger partial charge in [-0.1, -0.05) is 0 Å². The van der Waals surface area contributed by atoms with Crippen molar-refractivity contribution in [3.05, 3.63) is 48.0 Å². The summed E-state index contributed by atoms with van der Waals surface area (Å²) in [5.41, 5.74) is -0.234. The lowest BCUT2D eigenvalue weighted by Gasteiger charge is -2.34. The van der Waals surface area contributed by atoms with Crippen LogP contribution in [0.4, 0.5) is 10.5 Å². The van der Waals surface area contributed by atoms with Crippen LogP contribution in [-0.2, 0) is 9.53 Å². The van der Waals surface area contributed by atoms with Crippen LogP contribution >= 0.6 is 0 Å². The fourth-order valence-electron chi connectivity index (χ4n) is 2.54. The van der Waals surface area contributed by atoms with Gasteiger partial charge in [-0.2, -0.15) is 0 Å². The third kappa shape index (κ3) is 4.46. The molecule has 0 saturated carbocycles. The number of dihydropyridines is 1. The minimum atomic E-state index is -0.782. The number of amides is 2. The minimum absolute atomic E-state index is 0.308. The van der Waals surface area contributed by atoms with Gasteiger partial charge in [-0.05, 0) is 58.0 Å². The molecule has 3 N–H and O–H groups in total. The largest absolute Gasteiger partial charge is 0.455 e. The van der Waals surface area contributed by atoms with E-state index in [0.717, 1.165) is 0 Å². The second-order valence-corrected chi connectivity index (χ2v) is 7.29. The Morgan fingerprint density at radius 1 is 1.22 bits per heavy atom. The monoisotopic (exact) mass is 370 g/mol. The number of rotatable bonds is 3. The number of ether oxygens (including phenoxy) is 2. The first kappa shape index (κ1) is 18.5. The average Bonchev–Trinajstić information content (AvgIpc) is 2.56. The Morgan fingerprint density at radius 3 is 2.59 bits per heavy atom. The number of hydrogen-bond donors (Lipinski definition) is 3. The molecule has 0 bridgehead atoms. The van der Waals surface area contributed by atoms with Crippen molar-refractivity contribution in [2.75, 3.05) is 5.32 Å². The molecule has 0 radical (unpaired) electrons. The highest BCUT2D eigenvalue weighted by molar-refractivity contribution is 6.27. The van der Waals surface area contributed by atoms with Crippen LogP contribution in [0.15, 0.2) is 53.0 Å². The highest BCUT2D eigenvalue weighted by Crippen LogP contribution is 2.28. The van der Waals surface area contributed by atoms with E-state index in [9.17, 15) is 9.59 Å². The highest BCUT2D eigenvalue weighted by atomic mass is 16.6. The molecule has 1 unspecified atom stereocenters. The Morgan fingerprint density at radius 2 is 1.93 bits per heavy atom. The van der Waals surface area contributed by atoms with Crippen LogP contribution < -0.4 is 20.7 Å². The van der Waals surface area contributed by atoms with Crippen molar-refractivity contribution < 1.29 is 19.1 Å². The first-order chi connectivity index (χ1) is 12.6. The van der Waals surface area contributed by atoms with Crippen LogP contribution in [0.25, 0.3) is 0 Å². The van der Waals surface area contributed by atoms with E-state index >= 15 is 0 Å². The van der Waals surface area contributed by atoms with E-state index in [1.807, 2.05) is 6.92 Å². The van der Waals surface area contributed by atoms with Crippen molar-refractivity contribution in [2.45, 2.75) is 39.0 Å². The van der Waals surface area contributed by atoms with Crippen molar-refractivity contribution in [1.82, 2.24) is 10.6 Å². The third-order valence-electron chi connectivity index (χ3n) is 3.75. The van der Waals surface area contributed by atoms with Crippen molar-refractivity contribution >= 4 is 23.9 Å². The summed E-state index contributed by atoms with van der Waals surface area (Å²) < 4.78 is 11.1. The highest BCUT2D eigenvalue weighted by Gasteiger charge is 2.36. The fourth-order valence-corrected chi connectivity index (χ4v) is 2.54. The van der Waals surface area contributed by atoms with Gasteiger partial charge in [0, 0.05) is 11.9 Å². The van der Waals surface area contributed by atoms with Gasteiger partial charge >= 0.3 is 6.09 Å². The van der Waals surface area contributed by atoms with E-state index in [0.29, 0.717) is 22.9 Å². The minimum Gasteiger partial charge on any atom is -0.455 e. The predicted molar refractivity (Wildman–Crippen MR) is 101 cm³/mol. The Kier molecular flexibility index (Phi) is 4.65. The lowest BCUT2D eigenvalue weighted by Crippen LogP contribution is -2.52. The van der Waals surface area contributed by atoms with Gasteiger partial charge in [-0.25, -0.2) is 4.79 Å². The van der Waals surface area contributed by atoms with Crippen molar-refractivity contribution in [1.29, 1.82) is 0 Å². The van der Waals surface area contributed by atoms with Crippen LogP contribution in [0.3, 0.4) is 0 Å². The van der Waals surface area contributed by atoms with Gasteiger partial charge in [0.15, 0.2) is 11.4 Å². The zero-order chi connectivity index (χ0) is 19.7. The van der Waals surface area contributed by atoms with E-state index in [-0.39, 0.29) is 5.91 Å². The molecule has 0 saturated heterocycles. The molecular weight excluding hydrogens is 348 g/mol. The first-order valence-electron chi connectivity index (χ1n) is 8.48. The van der Waals surface area contributed by atoms with Crippen LogP contribution in [-0.4, -0.2) is 29.5 Å². The molecule has 2 amide bonds. The Bertz CT molecular complexity index is 849. The molecule has 0 aliphatic carbocycles. The number of hydrogen-bond acceptors (Lipinski definition) is 6.